The summed E-state index contributed by atoms with van der Waals surface area (Å²) in [6.45, 7) is 2.12. The van der Waals surface area contributed by atoms with Gasteiger partial charge in [-0.05, 0) is 90.5 Å². The Morgan fingerprint density at radius 2 is 1.79 bits per heavy atom. The van der Waals surface area contributed by atoms with Gasteiger partial charge >= 0.3 is 0 Å². The number of hydrogen-bond acceptors (Lipinski definition) is 6. The van der Waals surface area contributed by atoms with E-state index in [-0.39, 0.29) is 12.2 Å². The van der Waals surface area contributed by atoms with Gasteiger partial charge in [0.1, 0.15) is 29.1 Å². The van der Waals surface area contributed by atoms with Crippen molar-refractivity contribution in [3.05, 3.63) is 142 Å². The van der Waals surface area contributed by atoms with E-state index in [0.29, 0.717) is 44.6 Å². The molecular formula is C32H24F3N6O2-. The van der Waals surface area contributed by atoms with Gasteiger partial charge in [0.25, 0.3) is 5.91 Å². The van der Waals surface area contributed by atoms with Crippen LogP contribution in [0.25, 0.3) is 17.2 Å². The molecule has 8 nitrogen and oxygen atoms in total. The second kappa shape index (κ2) is 11.5. The second-order valence-corrected chi connectivity index (χ2v) is 9.95. The Kier molecular flexibility index (Phi) is 7.39. The van der Waals surface area contributed by atoms with E-state index in [2.05, 4.69) is 25.6 Å². The third-order valence-electron chi connectivity index (χ3n) is 7.15. The molecule has 216 valence electrons. The average Bonchev–Trinajstić information content (AvgIpc) is 3.52. The molecule has 1 amide bonds. The van der Waals surface area contributed by atoms with Crippen LogP contribution in [0.3, 0.4) is 0 Å². The number of nitrogens with one attached hydrogen (secondary N) is 3. The second-order valence-electron chi connectivity index (χ2n) is 9.95. The molecular weight excluding hydrogens is 557 g/mol. The molecule has 11 heteroatoms. The van der Waals surface area contributed by atoms with E-state index in [4.69, 9.17) is 0 Å². The highest BCUT2D eigenvalue weighted by Crippen LogP contribution is 2.42. The summed E-state index contributed by atoms with van der Waals surface area (Å²) < 4.78 is 43.4. The number of anilines is 2. The lowest BCUT2D eigenvalue weighted by molar-refractivity contribution is 0.102. The van der Waals surface area contributed by atoms with E-state index < -0.39 is 35.0 Å². The summed E-state index contributed by atoms with van der Waals surface area (Å²) >= 11 is 0. The van der Waals surface area contributed by atoms with Crippen molar-refractivity contribution < 1.29 is 18.0 Å². The lowest BCUT2D eigenvalue weighted by Gasteiger charge is -2.40. The predicted octanol–water partition coefficient (Wildman–Crippen LogP) is 6.94. The molecule has 0 radical (unpaired) electrons. The maximum absolute atomic E-state index is 15.0. The SMILES string of the molecule is Cc1ccc(C(=O)Nc2ccc(F)cc2)cc1-c1cc(NCc2ncc[nH]2)nc2c1C=CN([O-])C2c1c(F)cccc1F. The van der Waals surface area contributed by atoms with Crippen LogP contribution in [0.15, 0.2) is 85.3 Å². The van der Waals surface area contributed by atoms with Crippen molar-refractivity contribution in [3.8, 4) is 11.1 Å². The van der Waals surface area contributed by atoms with Gasteiger partial charge in [0, 0.05) is 29.2 Å². The number of pyridine rings is 1. The average molecular weight is 582 g/mol. The highest BCUT2D eigenvalue weighted by atomic mass is 19.1. The summed E-state index contributed by atoms with van der Waals surface area (Å²) in [5.74, 6) is -1.64. The van der Waals surface area contributed by atoms with Crippen LogP contribution in [-0.2, 0) is 6.54 Å². The number of H-pyrrole nitrogens is 1. The van der Waals surface area contributed by atoms with Crippen LogP contribution in [0.4, 0.5) is 24.7 Å². The van der Waals surface area contributed by atoms with Gasteiger partial charge in [0.05, 0.1) is 23.8 Å². The molecule has 3 heterocycles. The van der Waals surface area contributed by atoms with Crippen LogP contribution in [0.5, 0.6) is 0 Å². The fourth-order valence-electron chi connectivity index (χ4n) is 5.02. The smallest absolute Gasteiger partial charge is 0.255 e. The quantitative estimate of drug-likeness (QED) is 0.192. The molecule has 5 aromatic rings. The van der Waals surface area contributed by atoms with Crippen molar-refractivity contribution in [3.63, 3.8) is 0 Å². The molecule has 0 saturated heterocycles. The third kappa shape index (κ3) is 5.57. The van der Waals surface area contributed by atoms with Crippen molar-refractivity contribution in [2.24, 2.45) is 0 Å². The molecule has 1 unspecified atom stereocenters. The Morgan fingerprint density at radius 3 is 2.51 bits per heavy atom. The number of nitrogens with zero attached hydrogens (tertiary/aromatic N) is 3. The Morgan fingerprint density at radius 1 is 1.02 bits per heavy atom. The number of benzene rings is 3. The van der Waals surface area contributed by atoms with Gasteiger partial charge in [-0.1, -0.05) is 12.1 Å². The number of amides is 1. The molecule has 1 aliphatic rings. The summed E-state index contributed by atoms with van der Waals surface area (Å²) in [6, 6.07) is 14.3. The van der Waals surface area contributed by atoms with Gasteiger partial charge in [-0.25, -0.2) is 23.1 Å². The van der Waals surface area contributed by atoms with Gasteiger partial charge in [-0.3, -0.25) is 4.79 Å². The van der Waals surface area contributed by atoms with E-state index in [9.17, 15) is 14.4 Å². The van der Waals surface area contributed by atoms with E-state index in [1.165, 1.54) is 36.5 Å². The molecule has 0 fully saturated rings. The molecule has 0 saturated carbocycles. The molecule has 0 spiro atoms. The molecule has 1 atom stereocenters. The minimum absolute atomic E-state index is 0.140. The van der Waals surface area contributed by atoms with Gasteiger partial charge < -0.3 is 25.9 Å². The van der Waals surface area contributed by atoms with Crippen LogP contribution >= 0.6 is 0 Å². The molecule has 0 bridgehead atoms. The molecule has 3 N–H and O–H groups in total. The van der Waals surface area contributed by atoms with Crippen molar-refractivity contribution in [2.75, 3.05) is 10.6 Å². The van der Waals surface area contributed by atoms with Crippen LogP contribution in [0, 0.1) is 29.6 Å². The number of aromatic amines is 1. The van der Waals surface area contributed by atoms with E-state index in [1.54, 1.807) is 42.7 Å². The first-order chi connectivity index (χ1) is 20.8. The Balaban J connectivity index is 1.47. The minimum atomic E-state index is -1.41. The lowest BCUT2D eigenvalue weighted by Crippen LogP contribution is -2.26. The predicted molar refractivity (Wildman–Crippen MR) is 157 cm³/mol. The molecule has 1 aliphatic heterocycles. The summed E-state index contributed by atoms with van der Waals surface area (Å²) in [5, 5.41) is 19.5. The van der Waals surface area contributed by atoms with Crippen LogP contribution < -0.4 is 10.6 Å². The number of aromatic nitrogens is 3. The van der Waals surface area contributed by atoms with Crippen molar-refractivity contribution in [2.45, 2.75) is 19.5 Å². The highest BCUT2D eigenvalue weighted by molar-refractivity contribution is 6.05. The van der Waals surface area contributed by atoms with Gasteiger partial charge in [-0.15, -0.1) is 0 Å². The number of fused-ring (bicyclic) bond motifs is 1. The van der Waals surface area contributed by atoms with E-state index >= 15 is 8.78 Å². The highest BCUT2D eigenvalue weighted by Gasteiger charge is 2.30. The van der Waals surface area contributed by atoms with Crippen LogP contribution in [-0.4, -0.2) is 25.9 Å². The zero-order chi connectivity index (χ0) is 30.1. The van der Waals surface area contributed by atoms with Crippen molar-refractivity contribution >= 4 is 23.5 Å². The van der Waals surface area contributed by atoms with E-state index in [0.717, 1.165) is 17.7 Å². The number of aryl methyl sites for hydroxylation is 1. The zero-order valence-corrected chi connectivity index (χ0v) is 22.7. The number of rotatable bonds is 7. The maximum atomic E-state index is 15.0. The summed E-state index contributed by atoms with van der Waals surface area (Å²) in [5.41, 5.74) is 2.97. The standard InChI is InChI=1S/C32H24F3N6O2/c1-18-5-6-19(32(42)39-21-9-7-20(33)8-10-21)15-23(18)24-16-27(38-17-28-36-12-13-37-28)40-30-22(24)11-14-41(43)31(30)29-25(34)3-2-4-26(29)35/h2-16,31H,17H2,1H3,(H,36,37)(H,38,40)(H,39,42)/q-1. The maximum Gasteiger partial charge on any atom is 0.255 e. The summed E-state index contributed by atoms with van der Waals surface area (Å²) in [6.07, 6.45) is 6.03. The zero-order valence-electron chi connectivity index (χ0n) is 22.7. The van der Waals surface area contributed by atoms with Crippen molar-refractivity contribution in [1.82, 2.24) is 20.0 Å². The molecule has 2 aromatic heterocycles. The van der Waals surface area contributed by atoms with Crippen molar-refractivity contribution in [1.29, 1.82) is 0 Å². The largest absolute Gasteiger partial charge is 0.758 e. The Hall–Kier alpha value is -5.42. The number of hydroxylamine groups is 2. The van der Waals surface area contributed by atoms with Gasteiger partial charge in [0.15, 0.2) is 0 Å². The third-order valence-corrected chi connectivity index (χ3v) is 7.15. The first-order valence-electron chi connectivity index (χ1n) is 13.3. The number of halogens is 3. The topological polar surface area (TPSA) is 109 Å². The van der Waals surface area contributed by atoms with E-state index in [1.807, 2.05) is 6.92 Å². The fourth-order valence-corrected chi connectivity index (χ4v) is 5.02. The molecule has 43 heavy (non-hydrogen) atoms. The molecule has 6 rings (SSSR count). The Bertz CT molecular complexity index is 1820. The first-order valence-corrected chi connectivity index (χ1v) is 13.3. The number of imidazole rings is 1. The first kappa shape index (κ1) is 27.7. The molecule has 0 aliphatic carbocycles. The summed E-state index contributed by atoms with van der Waals surface area (Å²) in [7, 11) is 0. The van der Waals surface area contributed by atoms with Crippen LogP contribution in [0.2, 0.25) is 0 Å². The lowest BCUT2D eigenvalue weighted by atomic mass is 9.88. The van der Waals surface area contributed by atoms with Gasteiger partial charge in [0.2, 0.25) is 0 Å². The van der Waals surface area contributed by atoms with Crippen LogP contribution in [0.1, 0.15) is 44.6 Å². The number of carbonyl (C=O) groups is 1. The normalized spacial score (nSPS) is 14.0. The van der Waals surface area contributed by atoms with Gasteiger partial charge in [-0.2, -0.15) is 0 Å². The molecule has 3 aromatic carbocycles. The minimum Gasteiger partial charge on any atom is -0.758 e. The fraction of sp³-hybridized carbons (Fsp3) is 0.0938. The Labute approximate surface area is 244 Å². The summed E-state index contributed by atoms with van der Waals surface area (Å²) in [4.78, 5) is 25.0. The number of carbonyl (C=O) groups excluding carboxylic acids is 1. The monoisotopic (exact) mass is 581 g/mol. The number of hydrogen-bond donors (Lipinski definition) is 3.